The van der Waals surface area contributed by atoms with E-state index in [1.165, 1.54) is 18.2 Å². The molecule has 0 radical (unpaired) electrons. The highest BCUT2D eigenvalue weighted by atomic mass is 32.2. The quantitative estimate of drug-likeness (QED) is 0.515. The van der Waals surface area contributed by atoms with E-state index in [0.717, 1.165) is 12.6 Å². The highest BCUT2D eigenvalue weighted by Gasteiger charge is 2.35. The largest absolute Gasteiger partial charge is 0.355 e. The Hall–Kier alpha value is -2.04. The summed E-state index contributed by atoms with van der Waals surface area (Å²) in [4.78, 5) is 29.0. The van der Waals surface area contributed by atoms with Gasteiger partial charge in [-0.1, -0.05) is 39.8 Å². The Balaban J connectivity index is 1.97. The molecule has 8 nitrogen and oxygen atoms in total. The van der Waals surface area contributed by atoms with Gasteiger partial charge in [0.05, 0.1) is 0 Å². The summed E-state index contributed by atoms with van der Waals surface area (Å²) < 4.78 is 41.9. The summed E-state index contributed by atoms with van der Waals surface area (Å²) in [5.41, 5.74) is -0.0598. The molecule has 1 aliphatic heterocycles. The molecule has 0 aromatic heterocycles. The topological polar surface area (TPSA) is 98.8 Å². The normalized spacial score (nSPS) is 16.7. The first kappa shape index (κ1) is 28.2. The molecule has 2 amide bonds. The molecule has 2 rings (SSSR count). The first-order chi connectivity index (χ1) is 15.7. The molecular weight excluding hydrogens is 459 g/mol. The third-order valence-electron chi connectivity index (χ3n) is 6.00. The third-order valence-corrected chi connectivity index (χ3v) is 7.48. The lowest BCUT2D eigenvalue weighted by Crippen LogP contribution is -2.53. The Kier molecular flexibility index (Phi) is 9.62. The molecule has 192 valence electrons. The van der Waals surface area contributed by atoms with Crippen LogP contribution >= 0.6 is 0 Å². The molecular formula is C24H39FN4O4S. The van der Waals surface area contributed by atoms with Gasteiger partial charge in [0.1, 0.15) is 16.8 Å². The molecule has 0 saturated carbocycles. The zero-order valence-electron chi connectivity index (χ0n) is 21.1. The van der Waals surface area contributed by atoms with Crippen LogP contribution in [-0.2, 0) is 19.6 Å². The zero-order chi connectivity index (χ0) is 25.7. The van der Waals surface area contributed by atoms with E-state index in [0.29, 0.717) is 32.5 Å². The number of hydrogen-bond donors (Lipinski definition) is 2. The van der Waals surface area contributed by atoms with Crippen molar-refractivity contribution in [3.05, 3.63) is 30.1 Å². The Morgan fingerprint density at radius 1 is 1.18 bits per heavy atom. The van der Waals surface area contributed by atoms with E-state index in [-0.39, 0.29) is 29.1 Å². The molecule has 1 atom stereocenters. The number of halogens is 1. The Morgan fingerprint density at radius 2 is 1.76 bits per heavy atom. The maximum absolute atomic E-state index is 14.1. The van der Waals surface area contributed by atoms with Crippen molar-refractivity contribution in [3.8, 4) is 0 Å². The van der Waals surface area contributed by atoms with Gasteiger partial charge < -0.3 is 15.1 Å². The van der Waals surface area contributed by atoms with E-state index in [1.807, 2.05) is 14.1 Å². The molecule has 2 N–H and O–H groups in total. The van der Waals surface area contributed by atoms with Crippen molar-refractivity contribution in [1.29, 1.82) is 0 Å². The summed E-state index contributed by atoms with van der Waals surface area (Å²) in [5, 5.41) is 3.04. The standard InChI is InChI=1S/C24H39FN4O4S/c1-17(2)21(27-34(32,33)20-10-8-7-9-19(20)25)23(31)29-13-11-18(12-14-29)22(30)26-15-24(3,4)16-28(5)6/h7-10,17-18,21,27H,11-16H2,1-6H3,(H,26,30)/t21-/m0/s1. The monoisotopic (exact) mass is 498 g/mol. The van der Waals surface area contributed by atoms with Crippen LogP contribution < -0.4 is 10.0 Å². The van der Waals surface area contributed by atoms with Crippen LogP contribution in [0.15, 0.2) is 29.2 Å². The van der Waals surface area contributed by atoms with Gasteiger partial charge >= 0.3 is 0 Å². The molecule has 0 aliphatic carbocycles. The van der Waals surface area contributed by atoms with E-state index < -0.39 is 26.8 Å². The van der Waals surface area contributed by atoms with E-state index >= 15 is 0 Å². The number of hydrogen-bond acceptors (Lipinski definition) is 5. The van der Waals surface area contributed by atoms with Crippen LogP contribution in [0.3, 0.4) is 0 Å². The summed E-state index contributed by atoms with van der Waals surface area (Å²) >= 11 is 0. The minimum absolute atomic E-state index is 0.0143. The molecule has 10 heteroatoms. The fraction of sp³-hybridized carbons (Fsp3) is 0.667. The number of nitrogens with one attached hydrogen (secondary N) is 2. The minimum Gasteiger partial charge on any atom is -0.355 e. The second-order valence-electron chi connectivity index (χ2n) is 10.5. The van der Waals surface area contributed by atoms with Crippen molar-refractivity contribution in [3.63, 3.8) is 0 Å². The Labute approximate surface area is 203 Å². The molecule has 1 aliphatic rings. The number of carbonyl (C=O) groups is 2. The molecule has 1 aromatic carbocycles. The molecule has 0 spiro atoms. The van der Waals surface area contributed by atoms with Crippen LogP contribution in [0, 0.1) is 23.1 Å². The van der Waals surface area contributed by atoms with E-state index in [9.17, 15) is 22.4 Å². The van der Waals surface area contributed by atoms with Gasteiger partial charge in [-0.15, -0.1) is 0 Å². The number of benzene rings is 1. The van der Waals surface area contributed by atoms with Gasteiger partial charge in [0.25, 0.3) is 0 Å². The van der Waals surface area contributed by atoms with Crippen molar-refractivity contribution < 1.29 is 22.4 Å². The number of amides is 2. The average molecular weight is 499 g/mol. The van der Waals surface area contributed by atoms with E-state index in [1.54, 1.807) is 18.7 Å². The highest BCUT2D eigenvalue weighted by Crippen LogP contribution is 2.22. The second kappa shape index (κ2) is 11.6. The van der Waals surface area contributed by atoms with Crippen LogP contribution in [0.4, 0.5) is 4.39 Å². The molecule has 1 heterocycles. The smallest absolute Gasteiger partial charge is 0.244 e. The molecule has 1 saturated heterocycles. The first-order valence-corrected chi connectivity index (χ1v) is 13.2. The van der Waals surface area contributed by atoms with Crippen LogP contribution in [-0.4, -0.2) is 76.3 Å². The van der Waals surface area contributed by atoms with Crippen LogP contribution in [0.5, 0.6) is 0 Å². The fourth-order valence-corrected chi connectivity index (χ4v) is 5.72. The fourth-order valence-electron chi connectivity index (χ4n) is 4.31. The predicted octanol–water partition coefficient (Wildman–Crippen LogP) is 2.07. The van der Waals surface area contributed by atoms with Gasteiger partial charge in [-0.25, -0.2) is 12.8 Å². The number of carbonyl (C=O) groups excluding carboxylic acids is 2. The number of sulfonamides is 1. The van der Waals surface area contributed by atoms with Gasteiger partial charge in [-0.3, -0.25) is 9.59 Å². The van der Waals surface area contributed by atoms with Crippen molar-refractivity contribution in [2.75, 3.05) is 40.3 Å². The van der Waals surface area contributed by atoms with Crippen molar-refractivity contribution >= 4 is 21.8 Å². The van der Waals surface area contributed by atoms with Gasteiger partial charge in [0.2, 0.25) is 21.8 Å². The molecule has 1 fully saturated rings. The van der Waals surface area contributed by atoms with Crippen molar-refractivity contribution in [2.45, 2.75) is 51.5 Å². The molecule has 1 aromatic rings. The maximum Gasteiger partial charge on any atom is 0.244 e. The van der Waals surface area contributed by atoms with Gasteiger partial charge in [-0.05, 0) is 50.4 Å². The number of likely N-dealkylation sites (tertiary alicyclic amines) is 1. The number of rotatable bonds is 10. The highest BCUT2D eigenvalue weighted by molar-refractivity contribution is 7.89. The SMILES string of the molecule is CC(C)[C@H](NS(=O)(=O)c1ccccc1F)C(=O)N1CCC(C(=O)NCC(C)(C)CN(C)C)CC1. The third kappa shape index (κ3) is 7.74. The van der Waals surface area contributed by atoms with E-state index in [4.69, 9.17) is 0 Å². The van der Waals surface area contributed by atoms with Gasteiger partial charge in [0.15, 0.2) is 0 Å². The second-order valence-corrected chi connectivity index (χ2v) is 12.2. The minimum atomic E-state index is -4.21. The lowest BCUT2D eigenvalue weighted by Gasteiger charge is -2.35. The maximum atomic E-state index is 14.1. The van der Waals surface area contributed by atoms with Crippen molar-refractivity contribution in [1.82, 2.24) is 19.8 Å². The summed E-state index contributed by atoms with van der Waals surface area (Å²) in [5.74, 6) is -1.77. The summed E-state index contributed by atoms with van der Waals surface area (Å²) in [6.45, 7) is 9.82. The van der Waals surface area contributed by atoms with Crippen molar-refractivity contribution in [2.24, 2.45) is 17.3 Å². The Bertz CT molecular complexity index is 957. The van der Waals surface area contributed by atoms with Crippen LogP contribution in [0.25, 0.3) is 0 Å². The molecule has 0 unspecified atom stereocenters. The van der Waals surface area contributed by atoms with Gasteiger partial charge in [-0.2, -0.15) is 4.72 Å². The summed E-state index contributed by atoms with van der Waals surface area (Å²) in [7, 11) is -0.219. The lowest BCUT2D eigenvalue weighted by atomic mass is 9.91. The summed E-state index contributed by atoms with van der Waals surface area (Å²) in [6.07, 6.45) is 1.02. The molecule has 34 heavy (non-hydrogen) atoms. The Morgan fingerprint density at radius 3 is 2.29 bits per heavy atom. The zero-order valence-corrected chi connectivity index (χ0v) is 21.9. The molecule has 0 bridgehead atoms. The van der Waals surface area contributed by atoms with E-state index in [2.05, 4.69) is 28.8 Å². The van der Waals surface area contributed by atoms with Gasteiger partial charge in [0, 0.05) is 32.1 Å². The predicted molar refractivity (Wildman–Crippen MR) is 130 cm³/mol. The van der Waals surface area contributed by atoms with Crippen LogP contribution in [0.2, 0.25) is 0 Å². The lowest BCUT2D eigenvalue weighted by molar-refractivity contribution is -0.138. The van der Waals surface area contributed by atoms with Crippen LogP contribution in [0.1, 0.15) is 40.5 Å². The number of piperidine rings is 1. The number of nitrogens with zero attached hydrogens (tertiary/aromatic N) is 2. The average Bonchev–Trinajstić information content (AvgIpc) is 2.74. The first-order valence-electron chi connectivity index (χ1n) is 11.7. The summed E-state index contributed by atoms with van der Waals surface area (Å²) in [6, 6.07) is 4.05.